The highest BCUT2D eigenvalue weighted by Gasteiger charge is 2.40. The Morgan fingerprint density at radius 2 is 1.46 bits per heavy atom. The van der Waals surface area contributed by atoms with Crippen LogP contribution in [-0.2, 0) is 23.6 Å². The van der Waals surface area contributed by atoms with Gasteiger partial charge in [-0.15, -0.1) is 23.4 Å². The quantitative estimate of drug-likeness (QED) is 0.209. The Balaban J connectivity index is 1.44. The maximum absolute atomic E-state index is 15.2. The molecule has 0 aliphatic rings. The van der Waals surface area contributed by atoms with Gasteiger partial charge in [-0.05, 0) is 53.1 Å². The van der Waals surface area contributed by atoms with Crippen molar-refractivity contribution >= 4 is 16.6 Å². The first-order chi connectivity index (χ1) is 18.3. The number of alkyl halides is 8. The number of rotatable bonds is 6. The fraction of sp³-hybridized carbons (Fsp3) is 0.160. The van der Waals surface area contributed by atoms with Crippen LogP contribution in [0.25, 0.3) is 27.7 Å². The molecule has 5 rings (SSSR count). The van der Waals surface area contributed by atoms with E-state index < -0.39 is 42.5 Å². The number of nitrogens with zero attached hydrogens (tertiary/aromatic N) is 4. The molecule has 0 atom stereocenters. The predicted molar refractivity (Wildman–Crippen MR) is 121 cm³/mol. The van der Waals surface area contributed by atoms with E-state index in [1.165, 1.54) is 54.7 Å². The fourth-order valence-corrected chi connectivity index (χ4v) is 3.85. The molecule has 0 amide bonds. The molecule has 0 aliphatic carbocycles. The van der Waals surface area contributed by atoms with Crippen LogP contribution in [0.3, 0.4) is 0 Å². The molecule has 0 N–H and O–H groups in total. The van der Waals surface area contributed by atoms with Gasteiger partial charge in [0.05, 0.1) is 12.1 Å². The molecule has 0 spiro atoms. The number of hydrogen-bond acceptors (Lipinski definition) is 5. The average Bonchev–Trinajstić information content (AvgIpc) is 3.30. The third-order valence-corrected chi connectivity index (χ3v) is 5.59. The van der Waals surface area contributed by atoms with Crippen LogP contribution in [0, 0.1) is 0 Å². The number of aromatic nitrogens is 4. The summed E-state index contributed by atoms with van der Waals surface area (Å²) in [7, 11) is 0. The summed E-state index contributed by atoms with van der Waals surface area (Å²) in [5.41, 5.74) is -0.761. The van der Waals surface area contributed by atoms with Crippen molar-refractivity contribution in [3.8, 4) is 16.9 Å². The van der Waals surface area contributed by atoms with E-state index >= 15 is 8.78 Å². The highest BCUT2D eigenvalue weighted by atomic mass is 19.4. The molecule has 0 unspecified atom stereocenters. The van der Waals surface area contributed by atoms with Gasteiger partial charge in [-0.25, -0.2) is 4.98 Å². The Morgan fingerprint density at radius 1 is 0.769 bits per heavy atom. The number of ether oxygens (including phenoxy) is 2. The molecule has 0 fully saturated rings. The number of halogens is 8. The minimum atomic E-state index is -4.87. The summed E-state index contributed by atoms with van der Waals surface area (Å²) in [4.78, 5) is 3.55. The highest BCUT2D eigenvalue weighted by molar-refractivity contribution is 5.82. The van der Waals surface area contributed by atoms with E-state index in [9.17, 15) is 26.3 Å². The first-order valence-corrected chi connectivity index (χ1v) is 11.0. The highest BCUT2D eigenvalue weighted by Crippen LogP contribution is 2.35. The molecule has 202 valence electrons. The molecule has 2 aromatic carbocycles. The third kappa shape index (κ3) is 5.60. The van der Waals surface area contributed by atoms with Crippen molar-refractivity contribution in [2.75, 3.05) is 0 Å². The van der Waals surface area contributed by atoms with Crippen LogP contribution in [0.2, 0.25) is 0 Å². The Kier molecular flexibility index (Phi) is 6.37. The van der Waals surface area contributed by atoms with Crippen LogP contribution in [0.15, 0.2) is 72.9 Å². The van der Waals surface area contributed by atoms with Gasteiger partial charge in [0.25, 0.3) is 0 Å². The summed E-state index contributed by atoms with van der Waals surface area (Å²) in [5, 5.41) is 7.36. The summed E-state index contributed by atoms with van der Waals surface area (Å²) in [6.07, 6.45) is -12.5. The van der Waals surface area contributed by atoms with Gasteiger partial charge in [-0.1, -0.05) is 30.3 Å². The lowest BCUT2D eigenvalue weighted by atomic mass is 10.1. The first-order valence-electron chi connectivity index (χ1n) is 11.0. The molecule has 3 aromatic heterocycles. The van der Waals surface area contributed by atoms with Crippen molar-refractivity contribution in [3.63, 3.8) is 0 Å². The van der Waals surface area contributed by atoms with Gasteiger partial charge in [0, 0.05) is 11.6 Å². The molecule has 39 heavy (non-hydrogen) atoms. The van der Waals surface area contributed by atoms with Gasteiger partial charge in [0.2, 0.25) is 5.82 Å². The first kappa shape index (κ1) is 26.3. The second kappa shape index (κ2) is 9.45. The average molecular weight is 554 g/mol. The van der Waals surface area contributed by atoms with E-state index in [0.29, 0.717) is 17.2 Å². The Bertz CT molecular complexity index is 1650. The Hall–Kier alpha value is -4.33. The molecule has 0 radical (unpaired) electrons. The van der Waals surface area contributed by atoms with E-state index in [4.69, 9.17) is 4.74 Å². The standard InChI is InChI=1S/C25H14F8N4O2/c26-23(27,28)20-11-16(18-3-1-2-4-19(18)34-20)13-38-24(29,30)22-36-35-21-10-7-15(12-37(21)22)14-5-8-17(9-6-14)39-25(31,32)33/h1-12H,13H2. The largest absolute Gasteiger partial charge is 0.573 e. The summed E-state index contributed by atoms with van der Waals surface area (Å²) in [5.74, 6) is -1.42. The lowest BCUT2D eigenvalue weighted by molar-refractivity contribution is -0.274. The Labute approximate surface area is 213 Å². The smallest absolute Gasteiger partial charge is 0.406 e. The summed E-state index contributed by atoms with van der Waals surface area (Å²) >= 11 is 0. The zero-order valence-electron chi connectivity index (χ0n) is 19.3. The Morgan fingerprint density at radius 3 is 2.15 bits per heavy atom. The molecule has 0 aliphatic heterocycles. The predicted octanol–water partition coefficient (Wildman–Crippen LogP) is 7.13. The van der Waals surface area contributed by atoms with Gasteiger partial charge in [0.15, 0.2) is 5.65 Å². The second-order valence-electron chi connectivity index (χ2n) is 8.23. The summed E-state index contributed by atoms with van der Waals surface area (Å²) in [6, 6.07) is 14.0. The zero-order chi connectivity index (χ0) is 28.0. The van der Waals surface area contributed by atoms with Crippen molar-refractivity contribution < 1.29 is 44.6 Å². The molecule has 5 aromatic rings. The summed E-state index contributed by atoms with van der Waals surface area (Å²) in [6.45, 7) is -0.908. The van der Waals surface area contributed by atoms with E-state index in [1.54, 1.807) is 0 Å². The minimum Gasteiger partial charge on any atom is -0.406 e. The van der Waals surface area contributed by atoms with Crippen molar-refractivity contribution in [3.05, 3.63) is 90.0 Å². The summed E-state index contributed by atoms with van der Waals surface area (Å²) < 4.78 is 117. The molecular formula is C25H14F8N4O2. The second-order valence-corrected chi connectivity index (χ2v) is 8.23. The maximum Gasteiger partial charge on any atom is 0.573 e. The number of benzene rings is 2. The van der Waals surface area contributed by atoms with Crippen LogP contribution in [0.1, 0.15) is 17.1 Å². The van der Waals surface area contributed by atoms with Gasteiger partial charge in [-0.2, -0.15) is 22.0 Å². The zero-order valence-corrected chi connectivity index (χ0v) is 19.3. The number of hydrogen-bond donors (Lipinski definition) is 0. The van der Waals surface area contributed by atoms with Crippen LogP contribution < -0.4 is 4.74 Å². The van der Waals surface area contributed by atoms with Crippen molar-refractivity contribution in [1.29, 1.82) is 0 Å². The van der Waals surface area contributed by atoms with Crippen molar-refractivity contribution in [2.24, 2.45) is 0 Å². The van der Waals surface area contributed by atoms with Gasteiger partial charge in [-0.3, -0.25) is 4.40 Å². The molecular weight excluding hydrogens is 540 g/mol. The van der Waals surface area contributed by atoms with Gasteiger partial charge < -0.3 is 9.47 Å². The van der Waals surface area contributed by atoms with E-state index in [1.807, 2.05) is 0 Å². The molecule has 14 heteroatoms. The van der Waals surface area contributed by atoms with E-state index in [0.717, 1.165) is 16.5 Å². The minimum absolute atomic E-state index is 0.00256. The van der Waals surface area contributed by atoms with Crippen LogP contribution in [-0.4, -0.2) is 25.9 Å². The fourth-order valence-electron chi connectivity index (χ4n) is 3.85. The number of fused-ring (bicyclic) bond motifs is 2. The lowest BCUT2D eigenvalue weighted by Crippen LogP contribution is -2.22. The van der Waals surface area contributed by atoms with Crippen LogP contribution >= 0.6 is 0 Å². The van der Waals surface area contributed by atoms with Crippen LogP contribution in [0.5, 0.6) is 5.75 Å². The number of para-hydroxylation sites is 1. The van der Waals surface area contributed by atoms with Gasteiger partial charge in [0.1, 0.15) is 11.4 Å². The SMILES string of the molecule is FC(F)(F)Oc1ccc(-c2ccc3nnc(C(F)(F)OCc4cc(C(F)(F)F)nc5ccccc45)n3c2)cc1. The van der Waals surface area contributed by atoms with E-state index in [-0.39, 0.29) is 22.1 Å². The number of pyridine rings is 2. The van der Waals surface area contributed by atoms with Crippen LogP contribution in [0.4, 0.5) is 35.1 Å². The monoisotopic (exact) mass is 554 g/mol. The van der Waals surface area contributed by atoms with E-state index in [2.05, 4.69) is 19.9 Å². The molecule has 6 nitrogen and oxygen atoms in total. The molecule has 0 saturated heterocycles. The normalized spacial score (nSPS) is 12.8. The molecule has 3 heterocycles. The topological polar surface area (TPSA) is 61.5 Å². The molecule has 0 saturated carbocycles. The van der Waals surface area contributed by atoms with Crippen molar-refractivity contribution in [1.82, 2.24) is 19.6 Å². The van der Waals surface area contributed by atoms with Crippen molar-refractivity contribution in [2.45, 2.75) is 25.3 Å². The van der Waals surface area contributed by atoms with Gasteiger partial charge >= 0.3 is 18.6 Å². The lowest BCUT2D eigenvalue weighted by Gasteiger charge is -2.17. The molecule has 0 bridgehead atoms. The maximum atomic E-state index is 15.2. The third-order valence-electron chi connectivity index (χ3n) is 5.59.